The standard InChI is InChI=1S/C15H12FN3O3/c16-10-6-9-3-5-21-13(9)11(7-10)15(20)19-4-1-2-12(19)14-17-8-22-18-14/h3,5-8,12H,1-2,4H2. The van der Waals surface area contributed by atoms with E-state index in [0.29, 0.717) is 23.3 Å². The maximum Gasteiger partial charge on any atom is 0.258 e. The van der Waals surface area contributed by atoms with Gasteiger partial charge in [0, 0.05) is 11.9 Å². The van der Waals surface area contributed by atoms with Gasteiger partial charge in [-0.25, -0.2) is 4.39 Å². The van der Waals surface area contributed by atoms with Gasteiger partial charge >= 0.3 is 0 Å². The molecule has 0 radical (unpaired) electrons. The van der Waals surface area contributed by atoms with Crippen molar-refractivity contribution >= 4 is 16.9 Å². The van der Waals surface area contributed by atoms with Gasteiger partial charge in [0.1, 0.15) is 11.4 Å². The molecule has 7 heteroatoms. The zero-order chi connectivity index (χ0) is 15.1. The van der Waals surface area contributed by atoms with Crippen LogP contribution in [0.15, 0.2) is 39.8 Å². The van der Waals surface area contributed by atoms with Crippen molar-refractivity contribution in [3.8, 4) is 0 Å². The van der Waals surface area contributed by atoms with Crippen LogP contribution in [0, 0.1) is 5.82 Å². The van der Waals surface area contributed by atoms with E-state index >= 15 is 0 Å². The number of furan rings is 1. The molecule has 1 aromatic carbocycles. The van der Waals surface area contributed by atoms with E-state index in [9.17, 15) is 9.18 Å². The molecule has 112 valence electrons. The van der Waals surface area contributed by atoms with Crippen molar-refractivity contribution in [2.75, 3.05) is 6.54 Å². The Balaban J connectivity index is 1.75. The van der Waals surface area contributed by atoms with Gasteiger partial charge in [0.2, 0.25) is 6.39 Å². The number of halogens is 1. The fourth-order valence-corrected chi connectivity index (χ4v) is 2.96. The van der Waals surface area contributed by atoms with E-state index in [1.54, 1.807) is 11.0 Å². The molecule has 3 heterocycles. The number of rotatable bonds is 2. The monoisotopic (exact) mass is 301 g/mol. The van der Waals surface area contributed by atoms with E-state index in [-0.39, 0.29) is 17.5 Å². The first-order valence-corrected chi connectivity index (χ1v) is 6.98. The highest BCUT2D eigenvalue weighted by molar-refractivity contribution is 6.05. The van der Waals surface area contributed by atoms with E-state index in [1.165, 1.54) is 24.8 Å². The van der Waals surface area contributed by atoms with Crippen molar-refractivity contribution in [2.24, 2.45) is 0 Å². The van der Waals surface area contributed by atoms with Gasteiger partial charge in [-0.1, -0.05) is 5.16 Å². The Bertz CT molecular complexity index is 828. The van der Waals surface area contributed by atoms with Gasteiger partial charge in [-0.2, -0.15) is 4.98 Å². The van der Waals surface area contributed by atoms with E-state index in [2.05, 4.69) is 10.1 Å². The lowest BCUT2D eigenvalue weighted by Crippen LogP contribution is -2.31. The topological polar surface area (TPSA) is 72.4 Å². The molecule has 0 saturated carbocycles. The molecule has 1 saturated heterocycles. The molecule has 6 nitrogen and oxygen atoms in total. The van der Waals surface area contributed by atoms with Gasteiger partial charge < -0.3 is 13.8 Å². The molecule has 1 aliphatic heterocycles. The largest absolute Gasteiger partial charge is 0.464 e. The molecule has 3 aromatic rings. The molecule has 22 heavy (non-hydrogen) atoms. The van der Waals surface area contributed by atoms with Crippen LogP contribution in [-0.4, -0.2) is 27.5 Å². The number of fused-ring (bicyclic) bond motifs is 1. The van der Waals surface area contributed by atoms with Crippen LogP contribution < -0.4 is 0 Å². The molecular formula is C15H12FN3O3. The molecule has 1 aliphatic rings. The third-order valence-electron chi connectivity index (χ3n) is 3.94. The molecule has 0 bridgehead atoms. The Hall–Kier alpha value is -2.70. The first-order valence-electron chi connectivity index (χ1n) is 6.98. The molecule has 1 atom stereocenters. The number of aromatic nitrogens is 2. The predicted octanol–water partition coefficient (Wildman–Crippen LogP) is 2.93. The molecule has 2 aromatic heterocycles. The summed E-state index contributed by atoms with van der Waals surface area (Å²) in [6.45, 7) is 0.566. The van der Waals surface area contributed by atoms with Crippen LogP contribution in [0.1, 0.15) is 35.1 Å². The van der Waals surface area contributed by atoms with E-state index in [0.717, 1.165) is 12.8 Å². The normalized spacial score (nSPS) is 18.2. The van der Waals surface area contributed by atoms with Gasteiger partial charge in [-0.15, -0.1) is 0 Å². The van der Waals surface area contributed by atoms with E-state index in [4.69, 9.17) is 8.94 Å². The first-order chi connectivity index (χ1) is 10.7. The van der Waals surface area contributed by atoms with Crippen molar-refractivity contribution < 1.29 is 18.1 Å². The Kier molecular flexibility index (Phi) is 2.92. The lowest BCUT2D eigenvalue weighted by molar-refractivity contribution is 0.0728. The highest BCUT2D eigenvalue weighted by Crippen LogP contribution is 2.33. The van der Waals surface area contributed by atoms with Crippen molar-refractivity contribution in [1.82, 2.24) is 15.0 Å². The molecule has 1 fully saturated rings. The maximum atomic E-state index is 13.7. The summed E-state index contributed by atoms with van der Waals surface area (Å²) in [6.07, 6.45) is 4.27. The Morgan fingerprint density at radius 3 is 3.14 bits per heavy atom. The van der Waals surface area contributed by atoms with Crippen LogP contribution >= 0.6 is 0 Å². The summed E-state index contributed by atoms with van der Waals surface area (Å²) in [5.41, 5.74) is 0.612. The highest BCUT2D eigenvalue weighted by atomic mass is 19.1. The third-order valence-corrected chi connectivity index (χ3v) is 3.94. The number of benzene rings is 1. The highest BCUT2D eigenvalue weighted by Gasteiger charge is 2.34. The summed E-state index contributed by atoms with van der Waals surface area (Å²) >= 11 is 0. The SMILES string of the molecule is O=C(c1cc(F)cc2ccoc12)N1CCCC1c1ncon1. The van der Waals surface area contributed by atoms with Crippen LogP contribution in [-0.2, 0) is 0 Å². The number of nitrogens with zero attached hydrogens (tertiary/aromatic N) is 3. The van der Waals surface area contributed by atoms with Crippen LogP contribution in [0.2, 0.25) is 0 Å². The van der Waals surface area contributed by atoms with E-state index < -0.39 is 5.82 Å². The summed E-state index contributed by atoms with van der Waals surface area (Å²) in [5.74, 6) is -0.280. The second-order valence-corrected chi connectivity index (χ2v) is 5.24. The van der Waals surface area contributed by atoms with Crippen molar-refractivity contribution in [3.05, 3.63) is 48.1 Å². The van der Waals surface area contributed by atoms with Gasteiger partial charge in [-0.3, -0.25) is 4.79 Å². The molecule has 1 unspecified atom stereocenters. The Labute approximate surface area is 124 Å². The van der Waals surface area contributed by atoms with E-state index in [1.807, 2.05) is 0 Å². The second-order valence-electron chi connectivity index (χ2n) is 5.24. The second kappa shape index (κ2) is 4.94. The van der Waals surface area contributed by atoms with Crippen LogP contribution in [0.25, 0.3) is 11.0 Å². The van der Waals surface area contributed by atoms with Crippen LogP contribution in [0.5, 0.6) is 0 Å². The minimum atomic E-state index is -0.465. The molecular weight excluding hydrogens is 289 g/mol. The zero-order valence-electron chi connectivity index (χ0n) is 11.5. The lowest BCUT2D eigenvalue weighted by Gasteiger charge is -2.22. The summed E-state index contributed by atoms with van der Waals surface area (Å²) < 4.78 is 23.8. The smallest absolute Gasteiger partial charge is 0.258 e. The minimum Gasteiger partial charge on any atom is -0.464 e. The van der Waals surface area contributed by atoms with Gasteiger partial charge in [0.25, 0.3) is 5.91 Å². The molecule has 0 aliphatic carbocycles. The van der Waals surface area contributed by atoms with Crippen LogP contribution in [0.4, 0.5) is 4.39 Å². The molecule has 0 N–H and O–H groups in total. The molecule has 0 spiro atoms. The average Bonchev–Trinajstić information content (AvgIpc) is 3.24. The summed E-state index contributed by atoms with van der Waals surface area (Å²) in [5, 5.41) is 4.39. The van der Waals surface area contributed by atoms with Gasteiger partial charge in [-0.05, 0) is 31.0 Å². The Morgan fingerprint density at radius 1 is 1.41 bits per heavy atom. The number of amides is 1. The number of hydrogen-bond acceptors (Lipinski definition) is 5. The molecule has 1 amide bonds. The Morgan fingerprint density at radius 2 is 2.32 bits per heavy atom. The minimum absolute atomic E-state index is 0.218. The maximum absolute atomic E-state index is 13.7. The van der Waals surface area contributed by atoms with Crippen molar-refractivity contribution in [1.29, 1.82) is 0 Å². The zero-order valence-corrected chi connectivity index (χ0v) is 11.5. The quantitative estimate of drug-likeness (QED) is 0.727. The fraction of sp³-hybridized carbons (Fsp3) is 0.267. The first kappa shape index (κ1) is 13.0. The number of carbonyl (C=O) groups is 1. The summed E-state index contributed by atoms with van der Waals surface area (Å²) in [6, 6.07) is 3.94. The van der Waals surface area contributed by atoms with Gasteiger partial charge in [0.15, 0.2) is 5.82 Å². The van der Waals surface area contributed by atoms with Crippen LogP contribution in [0.3, 0.4) is 0 Å². The van der Waals surface area contributed by atoms with Crippen molar-refractivity contribution in [2.45, 2.75) is 18.9 Å². The van der Waals surface area contributed by atoms with Crippen molar-refractivity contribution in [3.63, 3.8) is 0 Å². The lowest BCUT2D eigenvalue weighted by atomic mass is 10.1. The summed E-state index contributed by atoms with van der Waals surface area (Å²) in [4.78, 5) is 18.5. The number of likely N-dealkylation sites (tertiary alicyclic amines) is 1. The average molecular weight is 301 g/mol. The van der Waals surface area contributed by atoms with Gasteiger partial charge in [0.05, 0.1) is 17.9 Å². The molecule has 4 rings (SSSR count). The number of hydrogen-bond donors (Lipinski definition) is 0. The summed E-state index contributed by atoms with van der Waals surface area (Å²) in [7, 11) is 0. The fourth-order valence-electron chi connectivity index (χ4n) is 2.96. The number of carbonyl (C=O) groups excluding carboxylic acids is 1. The predicted molar refractivity (Wildman–Crippen MR) is 73.5 cm³/mol. The third kappa shape index (κ3) is 1.97.